The van der Waals surface area contributed by atoms with Gasteiger partial charge in [0.05, 0.1) is 23.8 Å². The minimum absolute atomic E-state index is 0.0503. The molecule has 0 N–H and O–H groups in total. The third kappa shape index (κ3) is 7.33. The Morgan fingerprint density at radius 2 is 1.09 bits per heavy atom. The zero-order valence-electron chi connectivity index (χ0n) is 12.4. The molecule has 0 aromatic heterocycles. The van der Waals surface area contributed by atoms with Crippen LogP contribution < -0.4 is 0 Å². The lowest BCUT2D eigenvalue weighted by Crippen LogP contribution is -1.87. The topological polar surface area (TPSA) is 67.9 Å². The lowest BCUT2D eigenvalue weighted by atomic mass is 10.3. The van der Waals surface area contributed by atoms with Gasteiger partial charge >= 0.3 is 0 Å². The van der Waals surface area contributed by atoms with E-state index in [1.807, 2.05) is 60.7 Å². The second kappa shape index (κ2) is 10.4. The fourth-order valence-electron chi connectivity index (χ4n) is 1.45. The summed E-state index contributed by atoms with van der Waals surface area (Å²) in [4.78, 5) is 0. The highest BCUT2D eigenvalue weighted by atomic mass is 16.7. The molecule has 0 spiro atoms. The Hall–Kier alpha value is -3.28. The molecule has 116 valence electrons. The van der Waals surface area contributed by atoms with Gasteiger partial charge in [-0.25, -0.2) is 0 Å². The van der Waals surface area contributed by atoms with Gasteiger partial charge in [-0.3, -0.25) is 0 Å². The number of hydrogen-bond acceptors (Lipinski definition) is 6. The van der Waals surface area contributed by atoms with E-state index in [0.717, 1.165) is 11.4 Å². The second-order valence-corrected chi connectivity index (χ2v) is 4.12. The first-order valence-corrected chi connectivity index (χ1v) is 6.90. The van der Waals surface area contributed by atoms with Gasteiger partial charge in [-0.05, 0) is 24.3 Å². The maximum Gasteiger partial charge on any atom is 0.229 e. The van der Waals surface area contributed by atoms with E-state index in [4.69, 9.17) is 9.47 Å². The van der Waals surface area contributed by atoms with Gasteiger partial charge in [-0.2, -0.15) is 20.5 Å². The predicted molar refractivity (Wildman–Crippen MR) is 87.2 cm³/mol. The summed E-state index contributed by atoms with van der Waals surface area (Å²) in [7, 11) is 0. The third-order valence-electron chi connectivity index (χ3n) is 2.44. The van der Waals surface area contributed by atoms with Crippen LogP contribution in [0.2, 0.25) is 0 Å². The largest absolute Gasteiger partial charge is 0.463 e. The first-order valence-electron chi connectivity index (χ1n) is 6.90. The fourth-order valence-corrected chi connectivity index (χ4v) is 1.45. The van der Waals surface area contributed by atoms with Crippen LogP contribution in [-0.2, 0) is 9.47 Å². The molecule has 0 aliphatic carbocycles. The molecular weight excluding hydrogens is 292 g/mol. The minimum atomic E-state index is 0.0503. The van der Waals surface area contributed by atoms with Crippen LogP contribution in [0.1, 0.15) is 0 Å². The normalized spacial score (nSPS) is 11.8. The van der Waals surface area contributed by atoms with Gasteiger partial charge in [-0.1, -0.05) is 36.4 Å². The van der Waals surface area contributed by atoms with Crippen LogP contribution in [0.5, 0.6) is 0 Å². The summed E-state index contributed by atoms with van der Waals surface area (Å²) in [5.41, 5.74) is 1.56. The maximum atomic E-state index is 5.06. The van der Waals surface area contributed by atoms with E-state index in [2.05, 4.69) is 20.5 Å². The molecule has 6 nitrogen and oxygen atoms in total. The van der Waals surface area contributed by atoms with Crippen LogP contribution in [0.4, 0.5) is 11.4 Å². The first kappa shape index (κ1) is 16.1. The Morgan fingerprint density at radius 1 is 0.652 bits per heavy atom. The van der Waals surface area contributed by atoms with Gasteiger partial charge in [0.15, 0.2) is 0 Å². The Morgan fingerprint density at radius 3 is 1.52 bits per heavy atom. The van der Waals surface area contributed by atoms with Crippen molar-refractivity contribution in [2.24, 2.45) is 20.5 Å². The van der Waals surface area contributed by atoms with Crippen LogP contribution >= 0.6 is 0 Å². The summed E-state index contributed by atoms with van der Waals surface area (Å²) in [6.45, 7) is 0.0503. The third-order valence-corrected chi connectivity index (χ3v) is 2.44. The Bertz CT molecular complexity index is 608. The van der Waals surface area contributed by atoms with Gasteiger partial charge in [-0.15, -0.1) is 0 Å². The monoisotopic (exact) mass is 308 g/mol. The van der Waals surface area contributed by atoms with E-state index in [0.29, 0.717) is 0 Å². The lowest BCUT2D eigenvalue weighted by Gasteiger charge is -1.97. The zero-order valence-corrected chi connectivity index (χ0v) is 12.4. The summed E-state index contributed by atoms with van der Waals surface area (Å²) in [6, 6.07) is 18.8. The van der Waals surface area contributed by atoms with Crippen LogP contribution in [0.15, 0.2) is 106 Å². The highest BCUT2D eigenvalue weighted by molar-refractivity contribution is 5.35. The Kier molecular flexibility index (Phi) is 7.31. The van der Waals surface area contributed by atoms with E-state index >= 15 is 0 Å². The molecule has 0 amide bonds. The highest BCUT2D eigenvalue weighted by Crippen LogP contribution is 2.10. The number of hydrogen-bond donors (Lipinski definition) is 0. The van der Waals surface area contributed by atoms with Crippen LogP contribution in [0, 0.1) is 0 Å². The number of ether oxygens (including phenoxy) is 2. The van der Waals surface area contributed by atoms with Crippen molar-refractivity contribution >= 4 is 11.4 Å². The van der Waals surface area contributed by atoms with Gasteiger partial charge in [0, 0.05) is 0 Å². The molecule has 0 heterocycles. The van der Waals surface area contributed by atoms with Crippen molar-refractivity contribution in [3.05, 3.63) is 85.6 Å². The standard InChI is InChI=1S/C17H16N4O2/c1-3-7-16(8-4-1)20-18-11-13-22-15-23-14-12-19-21-17-9-5-2-6-10-17/h1-14H,15H2/b13-11-,14-12-,20-18?,21-19?. The molecule has 0 radical (unpaired) electrons. The maximum absolute atomic E-state index is 5.06. The highest BCUT2D eigenvalue weighted by Gasteiger charge is 1.83. The van der Waals surface area contributed by atoms with Crippen LogP contribution in [0.25, 0.3) is 0 Å². The molecule has 0 atom stereocenters. The molecule has 2 rings (SSSR count). The van der Waals surface area contributed by atoms with Crippen molar-refractivity contribution in [2.45, 2.75) is 0 Å². The van der Waals surface area contributed by atoms with Crippen molar-refractivity contribution in [1.29, 1.82) is 0 Å². The molecule has 0 saturated carbocycles. The molecule has 6 heteroatoms. The number of nitrogens with zero attached hydrogens (tertiary/aromatic N) is 4. The molecule has 0 saturated heterocycles. The van der Waals surface area contributed by atoms with Gasteiger partial charge in [0.2, 0.25) is 6.79 Å². The summed E-state index contributed by atoms with van der Waals surface area (Å²) < 4.78 is 10.1. The van der Waals surface area contributed by atoms with Crippen molar-refractivity contribution in [1.82, 2.24) is 0 Å². The van der Waals surface area contributed by atoms with Crippen LogP contribution in [0.3, 0.4) is 0 Å². The number of rotatable bonds is 8. The summed E-state index contributed by atoms with van der Waals surface area (Å²) >= 11 is 0. The smallest absolute Gasteiger partial charge is 0.229 e. The van der Waals surface area contributed by atoms with Crippen molar-refractivity contribution in [3.63, 3.8) is 0 Å². The summed E-state index contributed by atoms with van der Waals surface area (Å²) in [5, 5.41) is 15.6. The molecule has 0 aliphatic rings. The molecule has 23 heavy (non-hydrogen) atoms. The van der Waals surface area contributed by atoms with E-state index < -0.39 is 0 Å². The van der Waals surface area contributed by atoms with E-state index in [1.165, 1.54) is 24.9 Å². The van der Waals surface area contributed by atoms with E-state index in [9.17, 15) is 0 Å². The molecule has 2 aromatic carbocycles. The SMILES string of the molecule is C(=C/OCO/C=C\N=Nc1ccccc1)/N=Nc1ccccc1. The first-order chi connectivity index (χ1) is 11.4. The fraction of sp³-hybridized carbons (Fsp3) is 0.0588. The number of azo groups is 2. The predicted octanol–water partition coefficient (Wildman–Crippen LogP) is 5.49. The Labute approximate surface area is 134 Å². The zero-order chi connectivity index (χ0) is 16.0. The second-order valence-electron chi connectivity index (χ2n) is 4.12. The van der Waals surface area contributed by atoms with Crippen molar-refractivity contribution < 1.29 is 9.47 Å². The number of benzene rings is 2. The van der Waals surface area contributed by atoms with Crippen molar-refractivity contribution in [2.75, 3.05) is 6.79 Å². The van der Waals surface area contributed by atoms with Gasteiger partial charge in [0.1, 0.15) is 12.5 Å². The van der Waals surface area contributed by atoms with E-state index in [-0.39, 0.29) is 6.79 Å². The van der Waals surface area contributed by atoms with Crippen molar-refractivity contribution in [3.8, 4) is 0 Å². The molecule has 2 aromatic rings. The quantitative estimate of drug-likeness (QED) is 0.280. The van der Waals surface area contributed by atoms with Gasteiger partial charge in [0.25, 0.3) is 0 Å². The molecular formula is C17H16N4O2. The average Bonchev–Trinajstić information content (AvgIpc) is 2.61. The average molecular weight is 308 g/mol. The molecule has 0 unspecified atom stereocenters. The molecule has 0 fully saturated rings. The Balaban J connectivity index is 1.57. The minimum Gasteiger partial charge on any atom is -0.463 e. The van der Waals surface area contributed by atoms with Gasteiger partial charge < -0.3 is 9.47 Å². The summed E-state index contributed by atoms with van der Waals surface area (Å²) in [6.07, 6.45) is 5.67. The van der Waals surface area contributed by atoms with Crippen LogP contribution in [-0.4, -0.2) is 6.79 Å². The lowest BCUT2D eigenvalue weighted by molar-refractivity contribution is 0.0447. The molecule has 0 aliphatic heterocycles. The molecule has 0 bridgehead atoms. The summed E-state index contributed by atoms with van der Waals surface area (Å²) in [5.74, 6) is 0. The van der Waals surface area contributed by atoms with E-state index in [1.54, 1.807) is 0 Å².